The molecule has 0 unspecified atom stereocenters. The van der Waals surface area contributed by atoms with Crippen LogP contribution in [0.3, 0.4) is 0 Å². The number of aromatic nitrogens is 3. The van der Waals surface area contributed by atoms with Crippen LogP contribution in [-0.2, 0) is 11.2 Å². The van der Waals surface area contributed by atoms with E-state index in [9.17, 15) is 9.59 Å². The average Bonchev–Trinajstić information content (AvgIpc) is 2.77. The predicted octanol–water partition coefficient (Wildman–Crippen LogP) is 1.71. The number of benzene rings is 1. The summed E-state index contributed by atoms with van der Waals surface area (Å²) in [5.74, 6) is -0.00282. The Morgan fingerprint density at radius 1 is 1.35 bits per heavy atom. The minimum atomic E-state index is -0.489. The zero-order chi connectivity index (χ0) is 14.1. The van der Waals surface area contributed by atoms with E-state index >= 15 is 0 Å². The van der Waals surface area contributed by atoms with Gasteiger partial charge in [-0.3, -0.25) is 9.78 Å². The number of oxazole rings is 1. The maximum atomic E-state index is 11.1. The Hall–Kier alpha value is -2.76. The molecule has 0 bridgehead atoms. The van der Waals surface area contributed by atoms with Gasteiger partial charge in [0.15, 0.2) is 5.58 Å². The van der Waals surface area contributed by atoms with Crippen LogP contribution < -0.4 is 5.76 Å². The van der Waals surface area contributed by atoms with Crippen molar-refractivity contribution in [3.8, 4) is 11.3 Å². The lowest BCUT2D eigenvalue weighted by molar-refractivity contribution is -0.116. The van der Waals surface area contributed by atoms with E-state index in [1.54, 1.807) is 24.4 Å². The summed E-state index contributed by atoms with van der Waals surface area (Å²) in [6.45, 7) is 1.50. The van der Waals surface area contributed by atoms with Crippen LogP contribution in [0.1, 0.15) is 12.7 Å². The van der Waals surface area contributed by atoms with Crippen LogP contribution in [0.2, 0.25) is 0 Å². The summed E-state index contributed by atoms with van der Waals surface area (Å²) in [5, 5.41) is 0. The van der Waals surface area contributed by atoms with E-state index in [0.29, 0.717) is 22.6 Å². The Morgan fingerprint density at radius 3 is 3.00 bits per heavy atom. The first-order valence-corrected chi connectivity index (χ1v) is 6.06. The van der Waals surface area contributed by atoms with E-state index in [0.717, 1.165) is 5.56 Å². The molecule has 2 aromatic heterocycles. The van der Waals surface area contributed by atoms with Gasteiger partial charge in [0.05, 0.1) is 17.6 Å². The van der Waals surface area contributed by atoms with Crippen LogP contribution in [0, 0.1) is 0 Å². The molecule has 1 N–H and O–H groups in total. The second kappa shape index (κ2) is 4.73. The largest absolute Gasteiger partial charge is 0.417 e. The lowest BCUT2D eigenvalue weighted by Crippen LogP contribution is -2.02. The van der Waals surface area contributed by atoms with Crippen molar-refractivity contribution >= 4 is 16.9 Å². The zero-order valence-corrected chi connectivity index (χ0v) is 10.7. The predicted molar refractivity (Wildman–Crippen MR) is 72.2 cm³/mol. The van der Waals surface area contributed by atoms with Crippen molar-refractivity contribution < 1.29 is 9.21 Å². The quantitative estimate of drug-likeness (QED) is 0.781. The molecule has 100 valence electrons. The van der Waals surface area contributed by atoms with Gasteiger partial charge >= 0.3 is 5.76 Å². The van der Waals surface area contributed by atoms with Gasteiger partial charge in [-0.05, 0) is 25.1 Å². The standard InChI is InChI=1S/C14H11N3O3/c1-8(18)6-13-15-5-4-10(16-13)9-2-3-11-12(7-9)20-14(19)17-11/h2-5,7H,6H2,1H3,(H,17,19). The van der Waals surface area contributed by atoms with Gasteiger partial charge in [0, 0.05) is 11.8 Å². The highest BCUT2D eigenvalue weighted by atomic mass is 16.4. The Balaban J connectivity index is 2.05. The normalized spacial score (nSPS) is 10.8. The van der Waals surface area contributed by atoms with Gasteiger partial charge in [-0.25, -0.2) is 14.8 Å². The number of nitrogens with zero attached hydrogens (tertiary/aromatic N) is 2. The highest BCUT2D eigenvalue weighted by Gasteiger charge is 2.07. The van der Waals surface area contributed by atoms with E-state index in [2.05, 4.69) is 15.0 Å². The molecule has 0 saturated heterocycles. The molecular formula is C14H11N3O3. The molecule has 0 fully saturated rings. The minimum Gasteiger partial charge on any atom is -0.408 e. The smallest absolute Gasteiger partial charge is 0.408 e. The van der Waals surface area contributed by atoms with E-state index in [4.69, 9.17) is 4.42 Å². The minimum absolute atomic E-state index is 0.00855. The number of nitrogens with one attached hydrogen (secondary N) is 1. The van der Waals surface area contributed by atoms with Crippen LogP contribution in [0.25, 0.3) is 22.4 Å². The van der Waals surface area contributed by atoms with Gasteiger partial charge in [-0.2, -0.15) is 0 Å². The molecule has 2 heterocycles. The van der Waals surface area contributed by atoms with Crippen molar-refractivity contribution in [2.75, 3.05) is 0 Å². The third-order valence-electron chi connectivity index (χ3n) is 2.83. The number of fused-ring (bicyclic) bond motifs is 1. The van der Waals surface area contributed by atoms with Gasteiger partial charge in [-0.1, -0.05) is 6.07 Å². The molecule has 0 amide bonds. The summed E-state index contributed by atoms with van der Waals surface area (Å²) in [7, 11) is 0. The summed E-state index contributed by atoms with van der Waals surface area (Å²) in [4.78, 5) is 33.2. The SMILES string of the molecule is CC(=O)Cc1nccc(-c2ccc3[nH]c(=O)oc3c2)n1. The lowest BCUT2D eigenvalue weighted by atomic mass is 10.1. The Kier molecular flexibility index (Phi) is 2.90. The van der Waals surface area contributed by atoms with Gasteiger partial charge in [0.2, 0.25) is 0 Å². The van der Waals surface area contributed by atoms with E-state index < -0.39 is 5.76 Å². The highest BCUT2D eigenvalue weighted by molar-refractivity contribution is 5.79. The van der Waals surface area contributed by atoms with Gasteiger partial charge in [0.25, 0.3) is 0 Å². The molecule has 0 spiro atoms. The summed E-state index contributed by atoms with van der Waals surface area (Å²) < 4.78 is 5.02. The van der Waals surface area contributed by atoms with Crippen LogP contribution >= 0.6 is 0 Å². The number of H-pyrrole nitrogens is 1. The van der Waals surface area contributed by atoms with Crippen LogP contribution in [0.15, 0.2) is 39.7 Å². The average molecular weight is 269 g/mol. The number of carbonyl (C=O) groups excluding carboxylic acids is 1. The third-order valence-corrected chi connectivity index (χ3v) is 2.83. The fourth-order valence-corrected chi connectivity index (χ4v) is 1.97. The third kappa shape index (κ3) is 2.35. The van der Waals surface area contributed by atoms with Gasteiger partial charge in [0.1, 0.15) is 11.6 Å². The van der Waals surface area contributed by atoms with E-state index in [1.165, 1.54) is 6.92 Å². The molecule has 0 aliphatic heterocycles. The number of aromatic amines is 1. The Bertz CT molecular complexity index is 848. The van der Waals surface area contributed by atoms with Crippen molar-refractivity contribution in [1.29, 1.82) is 0 Å². The molecule has 20 heavy (non-hydrogen) atoms. The first-order chi connectivity index (χ1) is 9.61. The fraction of sp³-hybridized carbons (Fsp3) is 0.143. The number of hydrogen-bond donors (Lipinski definition) is 1. The summed E-state index contributed by atoms with van der Waals surface area (Å²) in [6, 6.07) is 7.05. The number of rotatable bonds is 3. The molecule has 6 heteroatoms. The first-order valence-electron chi connectivity index (χ1n) is 6.06. The summed E-state index contributed by atoms with van der Waals surface area (Å²) in [5.41, 5.74) is 2.59. The second-order valence-electron chi connectivity index (χ2n) is 4.46. The molecule has 0 radical (unpaired) electrons. The molecule has 0 aliphatic carbocycles. The molecular weight excluding hydrogens is 258 g/mol. The van der Waals surface area contributed by atoms with Gasteiger partial charge in [-0.15, -0.1) is 0 Å². The summed E-state index contributed by atoms with van der Waals surface area (Å²) >= 11 is 0. The monoisotopic (exact) mass is 269 g/mol. The van der Waals surface area contributed by atoms with Gasteiger partial charge < -0.3 is 4.42 Å². The molecule has 0 saturated carbocycles. The topological polar surface area (TPSA) is 88.9 Å². The first kappa shape index (κ1) is 12.3. The number of Topliss-reactive ketones (excluding diaryl/α,β-unsaturated/α-hetero) is 1. The van der Waals surface area contributed by atoms with Crippen molar-refractivity contribution in [2.45, 2.75) is 13.3 Å². The van der Waals surface area contributed by atoms with Crippen molar-refractivity contribution in [3.63, 3.8) is 0 Å². The maximum Gasteiger partial charge on any atom is 0.417 e. The molecule has 3 rings (SSSR count). The molecule has 1 aromatic carbocycles. The number of carbonyl (C=O) groups is 1. The zero-order valence-electron chi connectivity index (χ0n) is 10.7. The molecule has 6 nitrogen and oxygen atoms in total. The Morgan fingerprint density at radius 2 is 2.20 bits per heavy atom. The van der Waals surface area contributed by atoms with E-state index in [-0.39, 0.29) is 12.2 Å². The molecule has 0 atom stereocenters. The second-order valence-corrected chi connectivity index (χ2v) is 4.46. The van der Waals surface area contributed by atoms with Crippen LogP contribution in [0.4, 0.5) is 0 Å². The Labute approximate surface area is 113 Å². The van der Waals surface area contributed by atoms with Crippen LogP contribution in [0.5, 0.6) is 0 Å². The van der Waals surface area contributed by atoms with Crippen molar-refractivity contribution in [3.05, 3.63) is 46.8 Å². The van der Waals surface area contributed by atoms with Crippen molar-refractivity contribution in [2.24, 2.45) is 0 Å². The maximum absolute atomic E-state index is 11.1. The lowest BCUT2D eigenvalue weighted by Gasteiger charge is -2.02. The van der Waals surface area contributed by atoms with E-state index in [1.807, 2.05) is 6.07 Å². The highest BCUT2D eigenvalue weighted by Crippen LogP contribution is 2.21. The number of hydrogen-bond acceptors (Lipinski definition) is 5. The molecule has 3 aromatic rings. The van der Waals surface area contributed by atoms with Crippen LogP contribution in [-0.4, -0.2) is 20.7 Å². The fourth-order valence-electron chi connectivity index (χ4n) is 1.97. The summed E-state index contributed by atoms with van der Waals surface area (Å²) in [6.07, 6.45) is 1.81. The molecule has 0 aliphatic rings. The van der Waals surface area contributed by atoms with Crippen molar-refractivity contribution in [1.82, 2.24) is 15.0 Å². The number of ketones is 1.